The maximum atomic E-state index is 11.4. The third-order valence-electron chi connectivity index (χ3n) is 2.52. The van der Waals surface area contributed by atoms with Crippen molar-refractivity contribution in [3.05, 3.63) is 12.2 Å². The second kappa shape index (κ2) is 8.48. The summed E-state index contributed by atoms with van der Waals surface area (Å²) in [6, 6.07) is 0. The zero-order valence-corrected chi connectivity index (χ0v) is 10.0. The van der Waals surface area contributed by atoms with Crippen molar-refractivity contribution in [1.82, 2.24) is 5.32 Å². The van der Waals surface area contributed by atoms with Gasteiger partial charge in [-0.15, -0.1) is 0 Å². The first-order valence-electron chi connectivity index (χ1n) is 5.71. The smallest absolute Gasteiger partial charge is 0.220 e. The topological polar surface area (TPSA) is 55.1 Å². The van der Waals surface area contributed by atoms with Crippen LogP contribution in [0.1, 0.15) is 39.5 Å². The summed E-state index contributed by atoms with van der Waals surface area (Å²) in [5, 5.41) is 2.83. The Balaban J connectivity index is 3.63. The van der Waals surface area contributed by atoms with Gasteiger partial charge in [0, 0.05) is 13.0 Å². The first-order chi connectivity index (χ1) is 7.10. The minimum Gasteiger partial charge on any atom is -0.352 e. The van der Waals surface area contributed by atoms with Crippen molar-refractivity contribution >= 4 is 5.91 Å². The van der Waals surface area contributed by atoms with Crippen LogP contribution < -0.4 is 11.1 Å². The average Bonchev–Trinajstić information content (AvgIpc) is 2.21. The molecule has 88 valence electrons. The molecule has 0 heterocycles. The predicted molar refractivity (Wildman–Crippen MR) is 64.5 cm³/mol. The molecule has 0 saturated carbocycles. The van der Waals surface area contributed by atoms with Gasteiger partial charge in [-0.1, -0.05) is 25.5 Å². The van der Waals surface area contributed by atoms with Crippen LogP contribution in [0.3, 0.4) is 0 Å². The van der Waals surface area contributed by atoms with Crippen molar-refractivity contribution in [2.24, 2.45) is 11.7 Å². The van der Waals surface area contributed by atoms with E-state index < -0.39 is 0 Å². The molecule has 0 aliphatic heterocycles. The van der Waals surface area contributed by atoms with Gasteiger partial charge in [0.15, 0.2) is 0 Å². The molecule has 0 spiro atoms. The van der Waals surface area contributed by atoms with Crippen LogP contribution in [0.4, 0.5) is 0 Å². The summed E-state index contributed by atoms with van der Waals surface area (Å²) in [7, 11) is 0. The molecular weight excluding hydrogens is 188 g/mol. The largest absolute Gasteiger partial charge is 0.352 e. The normalized spacial score (nSPS) is 12.2. The molecule has 0 aromatic rings. The molecule has 0 saturated heterocycles. The fraction of sp³-hybridized carbons (Fsp3) is 0.750. The van der Waals surface area contributed by atoms with Crippen molar-refractivity contribution in [1.29, 1.82) is 0 Å². The number of rotatable bonds is 8. The molecule has 1 amide bonds. The van der Waals surface area contributed by atoms with E-state index in [0.717, 1.165) is 24.8 Å². The van der Waals surface area contributed by atoms with Crippen molar-refractivity contribution in [2.75, 3.05) is 13.1 Å². The SMILES string of the molecule is C=C(C)CNC(=O)CCC(CC)CCN. The van der Waals surface area contributed by atoms with E-state index in [1.54, 1.807) is 0 Å². The van der Waals surface area contributed by atoms with E-state index in [-0.39, 0.29) is 5.91 Å². The first-order valence-corrected chi connectivity index (χ1v) is 5.71. The van der Waals surface area contributed by atoms with Crippen LogP contribution in [0.5, 0.6) is 0 Å². The van der Waals surface area contributed by atoms with Gasteiger partial charge in [-0.3, -0.25) is 4.79 Å². The lowest BCUT2D eigenvalue weighted by Gasteiger charge is -2.13. The molecule has 0 aliphatic rings. The van der Waals surface area contributed by atoms with Gasteiger partial charge < -0.3 is 11.1 Å². The van der Waals surface area contributed by atoms with Gasteiger partial charge in [0.05, 0.1) is 0 Å². The van der Waals surface area contributed by atoms with Gasteiger partial charge in [0.2, 0.25) is 5.91 Å². The maximum Gasteiger partial charge on any atom is 0.220 e. The van der Waals surface area contributed by atoms with Gasteiger partial charge in [0.1, 0.15) is 0 Å². The molecule has 3 nitrogen and oxygen atoms in total. The number of nitrogens with two attached hydrogens (primary N) is 1. The highest BCUT2D eigenvalue weighted by molar-refractivity contribution is 5.76. The van der Waals surface area contributed by atoms with Crippen molar-refractivity contribution in [3.8, 4) is 0 Å². The summed E-state index contributed by atoms with van der Waals surface area (Å²) in [6.07, 6.45) is 3.66. The van der Waals surface area contributed by atoms with Crippen molar-refractivity contribution in [2.45, 2.75) is 39.5 Å². The number of hydrogen-bond acceptors (Lipinski definition) is 2. The Bertz CT molecular complexity index is 202. The first kappa shape index (κ1) is 14.2. The quantitative estimate of drug-likeness (QED) is 0.603. The van der Waals surface area contributed by atoms with Gasteiger partial charge in [-0.2, -0.15) is 0 Å². The third-order valence-corrected chi connectivity index (χ3v) is 2.52. The molecular formula is C12H24N2O. The Morgan fingerprint density at radius 3 is 2.60 bits per heavy atom. The number of nitrogens with one attached hydrogen (secondary N) is 1. The van der Waals surface area contributed by atoms with Crippen LogP contribution in [-0.2, 0) is 4.79 Å². The Labute approximate surface area is 93.1 Å². The molecule has 0 radical (unpaired) electrons. The number of carbonyl (C=O) groups is 1. The number of hydrogen-bond donors (Lipinski definition) is 2. The third kappa shape index (κ3) is 8.18. The molecule has 3 N–H and O–H groups in total. The Morgan fingerprint density at radius 2 is 2.13 bits per heavy atom. The fourth-order valence-corrected chi connectivity index (χ4v) is 1.46. The van der Waals surface area contributed by atoms with E-state index in [1.165, 1.54) is 0 Å². The zero-order valence-electron chi connectivity index (χ0n) is 10.0. The molecule has 3 heteroatoms. The summed E-state index contributed by atoms with van der Waals surface area (Å²) in [4.78, 5) is 11.4. The molecule has 0 aromatic carbocycles. The summed E-state index contributed by atoms with van der Waals surface area (Å²) < 4.78 is 0. The summed E-state index contributed by atoms with van der Waals surface area (Å²) in [5.41, 5.74) is 6.48. The Morgan fingerprint density at radius 1 is 1.47 bits per heavy atom. The van der Waals surface area contributed by atoms with Crippen molar-refractivity contribution in [3.63, 3.8) is 0 Å². The highest BCUT2D eigenvalue weighted by atomic mass is 16.1. The zero-order chi connectivity index (χ0) is 11.7. The molecule has 1 unspecified atom stereocenters. The second-order valence-electron chi connectivity index (χ2n) is 4.12. The number of carbonyl (C=O) groups excluding carboxylic acids is 1. The van der Waals surface area contributed by atoms with Gasteiger partial charge in [0.25, 0.3) is 0 Å². The molecule has 0 aliphatic carbocycles. The predicted octanol–water partition coefficient (Wildman–Crippen LogP) is 1.83. The minimum absolute atomic E-state index is 0.119. The molecule has 0 fully saturated rings. The van der Waals surface area contributed by atoms with E-state index in [4.69, 9.17) is 5.73 Å². The molecule has 15 heavy (non-hydrogen) atoms. The van der Waals surface area contributed by atoms with Crippen molar-refractivity contribution < 1.29 is 4.79 Å². The van der Waals surface area contributed by atoms with Crippen LogP contribution in [0.25, 0.3) is 0 Å². The summed E-state index contributed by atoms with van der Waals surface area (Å²) in [6.45, 7) is 9.09. The lowest BCUT2D eigenvalue weighted by atomic mass is 9.96. The molecule has 0 rings (SSSR count). The monoisotopic (exact) mass is 212 g/mol. The van der Waals surface area contributed by atoms with Gasteiger partial charge >= 0.3 is 0 Å². The standard InChI is InChI=1S/C12H24N2O/c1-4-11(7-8-13)5-6-12(15)14-9-10(2)3/h11H,2,4-9,13H2,1,3H3,(H,14,15). The maximum absolute atomic E-state index is 11.4. The molecule has 0 aromatic heterocycles. The molecule has 0 bridgehead atoms. The lowest BCUT2D eigenvalue weighted by molar-refractivity contribution is -0.121. The lowest BCUT2D eigenvalue weighted by Crippen LogP contribution is -2.25. The summed E-state index contributed by atoms with van der Waals surface area (Å²) in [5.74, 6) is 0.707. The highest BCUT2D eigenvalue weighted by Crippen LogP contribution is 2.14. The minimum atomic E-state index is 0.119. The van der Waals surface area contributed by atoms with Gasteiger partial charge in [-0.25, -0.2) is 0 Å². The van der Waals surface area contributed by atoms with E-state index in [1.807, 2.05) is 6.92 Å². The van der Waals surface area contributed by atoms with Crippen LogP contribution in [0.2, 0.25) is 0 Å². The van der Waals surface area contributed by atoms with Crippen LogP contribution in [0.15, 0.2) is 12.2 Å². The summed E-state index contributed by atoms with van der Waals surface area (Å²) >= 11 is 0. The van der Waals surface area contributed by atoms with Gasteiger partial charge in [-0.05, 0) is 32.2 Å². The highest BCUT2D eigenvalue weighted by Gasteiger charge is 2.08. The van der Waals surface area contributed by atoms with Crippen LogP contribution in [-0.4, -0.2) is 19.0 Å². The molecule has 1 atom stereocenters. The Kier molecular flexibility index (Phi) is 8.01. The fourth-order valence-electron chi connectivity index (χ4n) is 1.46. The van der Waals surface area contributed by atoms with Crippen LogP contribution >= 0.6 is 0 Å². The Hall–Kier alpha value is -0.830. The van der Waals surface area contributed by atoms with E-state index >= 15 is 0 Å². The van der Waals surface area contributed by atoms with E-state index in [9.17, 15) is 4.79 Å². The van der Waals surface area contributed by atoms with E-state index in [2.05, 4.69) is 18.8 Å². The second-order valence-corrected chi connectivity index (χ2v) is 4.12. The van der Waals surface area contributed by atoms with E-state index in [0.29, 0.717) is 25.4 Å². The average molecular weight is 212 g/mol. The van der Waals surface area contributed by atoms with Crippen LogP contribution in [0, 0.1) is 5.92 Å². The number of amides is 1.